The van der Waals surface area contributed by atoms with E-state index in [1.54, 1.807) is 26.0 Å². The first-order chi connectivity index (χ1) is 9.93. The van der Waals surface area contributed by atoms with Gasteiger partial charge in [0.15, 0.2) is 0 Å². The summed E-state index contributed by atoms with van der Waals surface area (Å²) in [7, 11) is 0. The number of ether oxygens (including phenoxy) is 2. The van der Waals surface area contributed by atoms with Crippen LogP contribution in [0, 0.1) is 6.92 Å². The van der Waals surface area contributed by atoms with Crippen molar-refractivity contribution in [2.24, 2.45) is 0 Å². The van der Waals surface area contributed by atoms with Gasteiger partial charge in [-0.15, -0.1) is 0 Å². The zero-order chi connectivity index (χ0) is 15.6. The molecule has 1 aromatic carbocycles. The van der Waals surface area contributed by atoms with E-state index in [1.807, 2.05) is 0 Å². The Morgan fingerprint density at radius 2 is 2.14 bits per heavy atom. The summed E-state index contributed by atoms with van der Waals surface area (Å²) in [5.74, 6) is 0.430. The fraction of sp³-hybridized carbons (Fsp3) is 0.267. The Labute approximate surface area is 132 Å². The maximum absolute atomic E-state index is 12.0. The third-order valence-corrected chi connectivity index (χ3v) is 3.19. The normalized spacial score (nSPS) is 10.7. The molecule has 0 saturated heterocycles. The SMILES string of the molecule is C=C(Cl)COc1cc2c(C(=O)OCC)c(C)oc2cc1Cl. The Bertz CT molecular complexity index is 703. The number of carbonyl (C=O) groups is 1. The molecular formula is C15H14Cl2O4. The quantitative estimate of drug-likeness (QED) is 0.746. The first-order valence-electron chi connectivity index (χ1n) is 6.29. The number of hydrogen-bond donors (Lipinski definition) is 0. The van der Waals surface area contributed by atoms with Crippen molar-refractivity contribution in [3.8, 4) is 5.75 Å². The van der Waals surface area contributed by atoms with Crippen LogP contribution in [0.3, 0.4) is 0 Å². The Balaban J connectivity index is 2.50. The molecule has 4 nitrogen and oxygen atoms in total. The van der Waals surface area contributed by atoms with Gasteiger partial charge in [-0.25, -0.2) is 4.79 Å². The number of hydrogen-bond acceptors (Lipinski definition) is 4. The van der Waals surface area contributed by atoms with Crippen molar-refractivity contribution in [2.75, 3.05) is 13.2 Å². The minimum absolute atomic E-state index is 0.123. The van der Waals surface area contributed by atoms with Crippen LogP contribution in [0.25, 0.3) is 11.0 Å². The Hall–Kier alpha value is -1.65. The van der Waals surface area contributed by atoms with Gasteiger partial charge in [-0.2, -0.15) is 0 Å². The van der Waals surface area contributed by atoms with Gasteiger partial charge in [0.1, 0.15) is 29.3 Å². The molecule has 0 bridgehead atoms. The van der Waals surface area contributed by atoms with Crippen LogP contribution in [0.5, 0.6) is 5.75 Å². The summed E-state index contributed by atoms with van der Waals surface area (Å²) in [6, 6.07) is 3.24. The highest BCUT2D eigenvalue weighted by molar-refractivity contribution is 6.33. The Morgan fingerprint density at radius 1 is 1.43 bits per heavy atom. The summed E-state index contributed by atoms with van der Waals surface area (Å²) in [6.07, 6.45) is 0. The first-order valence-corrected chi connectivity index (χ1v) is 7.05. The van der Waals surface area contributed by atoms with E-state index in [2.05, 4.69) is 6.58 Å². The highest BCUT2D eigenvalue weighted by Crippen LogP contribution is 2.35. The lowest BCUT2D eigenvalue weighted by Crippen LogP contribution is -2.05. The van der Waals surface area contributed by atoms with Crippen LogP contribution in [0.2, 0.25) is 5.02 Å². The number of carbonyl (C=O) groups excluding carboxylic acids is 1. The van der Waals surface area contributed by atoms with Crippen molar-refractivity contribution in [3.05, 3.63) is 40.1 Å². The molecule has 1 aromatic heterocycles. The maximum atomic E-state index is 12.0. The molecule has 6 heteroatoms. The molecule has 2 rings (SSSR count). The number of aryl methyl sites for hydroxylation is 1. The molecule has 0 atom stereocenters. The summed E-state index contributed by atoms with van der Waals surface area (Å²) >= 11 is 11.8. The summed E-state index contributed by atoms with van der Waals surface area (Å²) in [5.41, 5.74) is 0.871. The molecular weight excluding hydrogens is 315 g/mol. The van der Waals surface area contributed by atoms with Crippen molar-refractivity contribution in [3.63, 3.8) is 0 Å². The fourth-order valence-corrected chi connectivity index (χ4v) is 2.21. The Morgan fingerprint density at radius 3 is 2.76 bits per heavy atom. The minimum Gasteiger partial charge on any atom is -0.486 e. The van der Waals surface area contributed by atoms with E-state index >= 15 is 0 Å². The molecule has 0 amide bonds. The van der Waals surface area contributed by atoms with Gasteiger partial charge in [0.25, 0.3) is 0 Å². The van der Waals surface area contributed by atoms with Crippen LogP contribution < -0.4 is 4.74 Å². The predicted octanol–water partition coefficient (Wildman–Crippen LogP) is 4.70. The van der Waals surface area contributed by atoms with Gasteiger partial charge in [0.2, 0.25) is 0 Å². The average molecular weight is 329 g/mol. The molecule has 0 unspecified atom stereocenters. The summed E-state index contributed by atoms with van der Waals surface area (Å²) in [5, 5.41) is 1.30. The number of benzene rings is 1. The zero-order valence-corrected chi connectivity index (χ0v) is 13.2. The highest BCUT2D eigenvalue weighted by Gasteiger charge is 2.21. The van der Waals surface area contributed by atoms with Crippen molar-refractivity contribution in [2.45, 2.75) is 13.8 Å². The zero-order valence-electron chi connectivity index (χ0n) is 11.7. The number of halogens is 2. The number of fused-ring (bicyclic) bond motifs is 1. The molecule has 0 aliphatic rings. The third kappa shape index (κ3) is 3.34. The number of furan rings is 1. The molecule has 112 valence electrons. The van der Waals surface area contributed by atoms with Crippen LogP contribution in [0.15, 0.2) is 28.2 Å². The van der Waals surface area contributed by atoms with Gasteiger partial charge in [0.05, 0.1) is 11.6 Å². The molecule has 0 spiro atoms. The van der Waals surface area contributed by atoms with Crippen LogP contribution in [0.4, 0.5) is 0 Å². The molecule has 0 radical (unpaired) electrons. The van der Waals surface area contributed by atoms with Crippen molar-refractivity contribution in [1.29, 1.82) is 0 Å². The molecule has 0 fully saturated rings. The topological polar surface area (TPSA) is 48.7 Å². The standard InChI is InChI=1S/C15H14Cl2O4/c1-4-19-15(18)14-9(3)21-12-6-11(17)13(5-10(12)14)20-7-8(2)16/h5-6H,2,4,7H2,1,3H3. The molecule has 0 N–H and O–H groups in total. The molecule has 0 aliphatic carbocycles. The second-order valence-corrected chi connectivity index (χ2v) is 5.28. The van der Waals surface area contributed by atoms with Crippen LogP contribution in [-0.4, -0.2) is 19.2 Å². The van der Waals surface area contributed by atoms with Crippen molar-refractivity contribution >= 4 is 40.1 Å². The van der Waals surface area contributed by atoms with E-state index < -0.39 is 5.97 Å². The summed E-state index contributed by atoms with van der Waals surface area (Å²) in [6.45, 7) is 7.39. The van der Waals surface area contributed by atoms with E-state index in [-0.39, 0.29) is 13.2 Å². The highest BCUT2D eigenvalue weighted by atomic mass is 35.5. The molecule has 0 saturated carbocycles. The second-order valence-electron chi connectivity index (χ2n) is 4.34. The summed E-state index contributed by atoms with van der Waals surface area (Å²) < 4.78 is 16.0. The van der Waals surface area contributed by atoms with E-state index in [1.165, 1.54) is 0 Å². The third-order valence-electron chi connectivity index (χ3n) is 2.78. The molecule has 2 aromatic rings. The van der Waals surface area contributed by atoms with Crippen molar-refractivity contribution in [1.82, 2.24) is 0 Å². The Kier molecular flexibility index (Phi) is 4.80. The molecule has 21 heavy (non-hydrogen) atoms. The lowest BCUT2D eigenvalue weighted by molar-refractivity contribution is 0.0526. The molecule has 0 aliphatic heterocycles. The van der Waals surface area contributed by atoms with E-state index in [9.17, 15) is 4.79 Å². The van der Waals surface area contributed by atoms with Crippen LogP contribution in [-0.2, 0) is 4.74 Å². The smallest absolute Gasteiger partial charge is 0.342 e. The maximum Gasteiger partial charge on any atom is 0.342 e. The fourth-order valence-electron chi connectivity index (χ4n) is 1.94. The van der Waals surface area contributed by atoms with Gasteiger partial charge in [-0.05, 0) is 19.9 Å². The molecule has 1 heterocycles. The largest absolute Gasteiger partial charge is 0.486 e. The average Bonchev–Trinajstić information content (AvgIpc) is 2.71. The number of esters is 1. The minimum atomic E-state index is -0.441. The van der Waals surface area contributed by atoms with Gasteiger partial charge in [0, 0.05) is 16.5 Å². The van der Waals surface area contributed by atoms with E-state index in [4.69, 9.17) is 37.1 Å². The lowest BCUT2D eigenvalue weighted by atomic mass is 10.1. The van der Waals surface area contributed by atoms with Crippen LogP contribution >= 0.6 is 23.2 Å². The number of rotatable bonds is 5. The second kappa shape index (κ2) is 6.41. The van der Waals surface area contributed by atoms with Gasteiger partial charge in [-0.1, -0.05) is 29.8 Å². The van der Waals surface area contributed by atoms with Gasteiger partial charge < -0.3 is 13.9 Å². The van der Waals surface area contributed by atoms with Crippen LogP contribution in [0.1, 0.15) is 23.0 Å². The van der Waals surface area contributed by atoms with E-state index in [0.717, 1.165) is 0 Å². The van der Waals surface area contributed by atoms with Crippen molar-refractivity contribution < 1.29 is 18.7 Å². The lowest BCUT2D eigenvalue weighted by Gasteiger charge is -2.07. The monoisotopic (exact) mass is 328 g/mol. The predicted molar refractivity (Wildman–Crippen MR) is 82.4 cm³/mol. The van der Waals surface area contributed by atoms with E-state index in [0.29, 0.717) is 38.1 Å². The van der Waals surface area contributed by atoms with Gasteiger partial charge >= 0.3 is 5.97 Å². The van der Waals surface area contributed by atoms with Gasteiger partial charge in [-0.3, -0.25) is 0 Å². The summed E-state index contributed by atoms with van der Waals surface area (Å²) in [4.78, 5) is 12.0. The first kappa shape index (κ1) is 15.7.